The highest BCUT2D eigenvalue weighted by atomic mass is 32.2. The minimum Gasteiger partial charge on any atom is -0.237 e. The van der Waals surface area contributed by atoms with Gasteiger partial charge >= 0.3 is 0 Å². The highest BCUT2D eigenvalue weighted by Gasteiger charge is 2.37. The molecule has 0 N–H and O–H groups in total. The Hall–Kier alpha value is -2.59. The van der Waals surface area contributed by atoms with Crippen molar-refractivity contribution in [3.05, 3.63) is 53.7 Å². The van der Waals surface area contributed by atoms with Crippen LogP contribution in [0.15, 0.2) is 41.7 Å². The van der Waals surface area contributed by atoms with E-state index in [1.165, 1.54) is 27.3 Å². The second kappa shape index (κ2) is 6.49. The van der Waals surface area contributed by atoms with Gasteiger partial charge in [0, 0.05) is 31.4 Å². The molecule has 28 heavy (non-hydrogen) atoms. The number of hydrogen-bond donors (Lipinski definition) is 0. The molecule has 0 radical (unpaired) electrons. The van der Waals surface area contributed by atoms with Gasteiger partial charge in [0.1, 0.15) is 5.82 Å². The molecule has 0 fully saturated rings. The molecule has 0 aliphatic carbocycles. The van der Waals surface area contributed by atoms with Crippen molar-refractivity contribution < 1.29 is 12.8 Å². The molecule has 2 aromatic heterocycles. The molecule has 1 aliphatic heterocycles. The summed E-state index contributed by atoms with van der Waals surface area (Å²) in [5.41, 5.74) is 2.17. The summed E-state index contributed by atoms with van der Waals surface area (Å²) in [7, 11) is -2.21. The number of aryl methyl sites for hydroxylation is 1. The molecule has 3 aromatic rings. The summed E-state index contributed by atoms with van der Waals surface area (Å²) in [4.78, 5) is 0. The van der Waals surface area contributed by atoms with Gasteiger partial charge in [-0.25, -0.2) is 22.2 Å². The Kier molecular flexibility index (Phi) is 4.35. The van der Waals surface area contributed by atoms with E-state index in [1.54, 1.807) is 30.1 Å². The van der Waals surface area contributed by atoms with E-state index in [0.29, 0.717) is 13.0 Å². The molecule has 1 aliphatic rings. The summed E-state index contributed by atoms with van der Waals surface area (Å²) in [5.74, 6) is -0.315. The molecule has 1 aromatic carbocycles. The van der Waals surface area contributed by atoms with Crippen molar-refractivity contribution in [3.63, 3.8) is 0 Å². The molecule has 0 saturated carbocycles. The Balaban J connectivity index is 1.77. The third kappa shape index (κ3) is 3.22. The zero-order chi connectivity index (χ0) is 20.1. The fourth-order valence-electron chi connectivity index (χ4n) is 3.58. The average molecular weight is 404 g/mol. The largest absolute Gasteiger partial charge is 0.262 e. The van der Waals surface area contributed by atoms with Crippen LogP contribution in [0.4, 0.5) is 4.39 Å². The molecular weight excluding hydrogens is 383 g/mol. The molecule has 0 unspecified atom stereocenters. The topological polar surface area (TPSA) is 85.9 Å². The van der Waals surface area contributed by atoms with Crippen LogP contribution in [0.2, 0.25) is 0 Å². The summed E-state index contributed by atoms with van der Waals surface area (Å²) in [6, 6.07) is 6.10. The van der Waals surface area contributed by atoms with Crippen LogP contribution in [0.3, 0.4) is 0 Å². The Morgan fingerprint density at radius 3 is 2.50 bits per heavy atom. The zero-order valence-corrected chi connectivity index (χ0v) is 16.7. The molecule has 8 nitrogen and oxygen atoms in total. The van der Waals surface area contributed by atoms with E-state index in [4.69, 9.17) is 0 Å². The SMILES string of the molecule is Cn1nncc1S(=O)(=O)N1Cc2cnn(-c3ccc(F)cc3)c2CC(C)(C)C1. The van der Waals surface area contributed by atoms with Crippen molar-refractivity contribution in [2.75, 3.05) is 6.54 Å². The van der Waals surface area contributed by atoms with Crippen molar-refractivity contribution in [1.82, 2.24) is 29.1 Å². The van der Waals surface area contributed by atoms with Crippen LogP contribution in [-0.2, 0) is 30.0 Å². The first-order valence-corrected chi connectivity index (χ1v) is 10.3. The van der Waals surface area contributed by atoms with Crippen molar-refractivity contribution >= 4 is 10.0 Å². The normalized spacial score (nSPS) is 17.3. The Bertz CT molecular complexity index is 1120. The maximum atomic E-state index is 13.3. The fraction of sp³-hybridized carbons (Fsp3) is 0.389. The summed E-state index contributed by atoms with van der Waals surface area (Å²) in [6.07, 6.45) is 3.58. The van der Waals surface area contributed by atoms with Gasteiger partial charge in [-0.3, -0.25) is 0 Å². The van der Waals surface area contributed by atoms with Gasteiger partial charge in [0.15, 0.2) is 5.03 Å². The molecule has 0 bridgehead atoms. The van der Waals surface area contributed by atoms with Gasteiger partial charge < -0.3 is 0 Å². The van der Waals surface area contributed by atoms with Gasteiger partial charge in [0.25, 0.3) is 10.0 Å². The fourth-order valence-corrected chi connectivity index (χ4v) is 5.23. The minimum absolute atomic E-state index is 0.0534. The number of sulfonamides is 1. The number of benzene rings is 1. The molecule has 3 heterocycles. The zero-order valence-electron chi connectivity index (χ0n) is 15.9. The van der Waals surface area contributed by atoms with Crippen LogP contribution < -0.4 is 0 Å². The van der Waals surface area contributed by atoms with Crippen LogP contribution in [0.5, 0.6) is 0 Å². The van der Waals surface area contributed by atoms with Gasteiger partial charge in [-0.15, -0.1) is 5.10 Å². The smallest absolute Gasteiger partial charge is 0.237 e. The number of rotatable bonds is 3. The summed E-state index contributed by atoms with van der Waals surface area (Å²) < 4.78 is 44.1. The Labute approximate surface area is 162 Å². The summed E-state index contributed by atoms with van der Waals surface area (Å²) in [5, 5.41) is 11.9. The van der Waals surface area contributed by atoms with E-state index in [1.807, 2.05) is 13.8 Å². The highest BCUT2D eigenvalue weighted by Crippen LogP contribution is 2.33. The first-order chi connectivity index (χ1) is 13.2. The number of fused-ring (bicyclic) bond motifs is 1. The Morgan fingerprint density at radius 1 is 1.14 bits per heavy atom. The Morgan fingerprint density at radius 2 is 1.86 bits per heavy atom. The second-order valence-corrected chi connectivity index (χ2v) is 9.70. The predicted molar refractivity (Wildman–Crippen MR) is 99.6 cm³/mol. The average Bonchev–Trinajstić information content (AvgIpc) is 3.18. The first kappa shape index (κ1) is 18.8. The first-order valence-electron chi connectivity index (χ1n) is 8.84. The van der Waals surface area contributed by atoms with Crippen molar-refractivity contribution in [1.29, 1.82) is 0 Å². The van der Waals surface area contributed by atoms with Crippen LogP contribution in [0.1, 0.15) is 25.1 Å². The third-order valence-corrected chi connectivity index (χ3v) is 6.74. The van der Waals surface area contributed by atoms with Crippen molar-refractivity contribution in [2.45, 2.75) is 31.8 Å². The minimum atomic E-state index is -3.76. The molecule has 0 atom stereocenters. The summed E-state index contributed by atoms with van der Waals surface area (Å²) in [6.45, 7) is 4.59. The van der Waals surface area contributed by atoms with Crippen LogP contribution in [0.25, 0.3) is 5.69 Å². The van der Waals surface area contributed by atoms with Crippen LogP contribution in [-0.4, -0.2) is 44.0 Å². The van der Waals surface area contributed by atoms with E-state index in [9.17, 15) is 12.8 Å². The molecule has 10 heteroatoms. The lowest BCUT2D eigenvalue weighted by Gasteiger charge is -2.28. The second-order valence-electron chi connectivity index (χ2n) is 7.81. The van der Waals surface area contributed by atoms with E-state index in [2.05, 4.69) is 15.4 Å². The summed E-state index contributed by atoms with van der Waals surface area (Å²) >= 11 is 0. The van der Waals surface area contributed by atoms with Gasteiger partial charge in [-0.1, -0.05) is 19.1 Å². The van der Waals surface area contributed by atoms with Crippen molar-refractivity contribution in [3.8, 4) is 5.69 Å². The van der Waals surface area contributed by atoms with E-state index < -0.39 is 10.0 Å². The van der Waals surface area contributed by atoms with Gasteiger partial charge in [-0.05, 0) is 36.1 Å². The number of halogens is 1. The predicted octanol–water partition coefficient (Wildman–Crippen LogP) is 1.91. The standard InChI is InChI=1S/C18H21FN6O2S/c1-18(2)8-16-13(9-21-25(16)15-6-4-14(19)5-7-15)11-24(12-18)28(26,27)17-10-20-22-23(17)3/h4-7,9-10H,8,11-12H2,1-3H3. The molecule has 148 valence electrons. The van der Waals surface area contributed by atoms with E-state index in [0.717, 1.165) is 16.9 Å². The molecule has 0 spiro atoms. The monoisotopic (exact) mass is 404 g/mol. The molecule has 4 rings (SSSR count). The van der Waals surface area contributed by atoms with E-state index >= 15 is 0 Å². The lowest BCUT2D eigenvalue weighted by atomic mass is 9.88. The van der Waals surface area contributed by atoms with Crippen LogP contribution in [0, 0.1) is 11.2 Å². The maximum Gasteiger partial charge on any atom is 0.262 e. The lowest BCUT2D eigenvalue weighted by molar-refractivity contribution is 0.262. The molecule has 0 amide bonds. The van der Waals surface area contributed by atoms with Gasteiger partial charge in [-0.2, -0.15) is 9.40 Å². The maximum absolute atomic E-state index is 13.3. The quantitative estimate of drug-likeness (QED) is 0.666. The highest BCUT2D eigenvalue weighted by molar-refractivity contribution is 7.89. The van der Waals surface area contributed by atoms with E-state index in [-0.39, 0.29) is 22.8 Å². The van der Waals surface area contributed by atoms with Gasteiger partial charge in [0.2, 0.25) is 0 Å². The number of hydrogen-bond acceptors (Lipinski definition) is 5. The van der Waals surface area contributed by atoms with Crippen LogP contribution >= 0.6 is 0 Å². The number of aromatic nitrogens is 5. The van der Waals surface area contributed by atoms with Gasteiger partial charge in [0.05, 0.1) is 18.1 Å². The molecule has 0 saturated heterocycles. The van der Waals surface area contributed by atoms with Crippen molar-refractivity contribution in [2.24, 2.45) is 12.5 Å². The number of nitrogens with zero attached hydrogens (tertiary/aromatic N) is 6. The third-order valence-electron chi connectivity index (χ3n) is 4.90. The molecular formula is C18H21FN6O2S. The lowest BCUT2D eigenvalue weighted by Crippen LogP contribution is -2.38.